The van der Waals surface area contributed by atoms with Crippen LogP contribution >= 0.6 is 0 Å². The Kier molecular flexibility index (Phi) is 4.97. The van der Waals surface area contributed by atoms with E-state index in [9.17, 15) is 4.79 Å². The summed E-state index contributed by atoms with van der Waals surface area (Å²) in [6.07, 6.45) is 3.85. The predicted molar refractivity (Wildman–Crippen MR) is 75.7 cm³/mol. The van der Waals surface area contributed by atoms with Crippen LogP contribution in [0.15, 0.2) is 30.3 Å². The first-order valence-electron chi connectivity index (χ1n) is 7.07. The lowest BCUT2D eigenvalue weighted by Gasteiger charge is -2.35. The lowest BCUT2D eigenvalue weighted by molar-refractivity contribution is -0.150. The monoisotopic (exact) mass is 261 g/mol. The second-order valence-corrected chi connectivity index (χ2v) is 5.52. The van der Waals surface area contributed by atoms with E-state index < -0.39 is 0 Å². The molecular formula is C16H23NO2. The Bertz CT molecular complexity index is 400. The fourth-order valence-corrected chi connectivity index (χ4v) is 2.35. The minimum Gasteiger partial charge on any atom is -0.461 e. The van der Waals surface area contributed by atoms with Crippen molar-refractivity contribution in [2.24, 2.45) is 5.92 Å². The maximum absolute atomic E-state index is 11.9. The number of rotatable bonds is 6. The molecule has 0 aliphatic heterocycles. The molecule has 2 rings (SSSR count). The number of esters is 1. The molecule has 1 unspecified atom stereocenters. The van der Waals surface area contributed by atoms with Crippen molar-refractivity contribution in [3.63, 3.8) is 0 Å². The van der Waals surface area contributed by atoms with Gasteiger partial charge in [0, 0.05) is 12.6 Å². The van der Waals surface area contributed by atoms with Crippen LogP contribution in [0.1, 0.15) is 31.7 Å². The summed E-state index contributed by atoms with van der Waals surface area (Å²) >= 11 is 0. The molecule has 0 N–H and O–H groups in total. The highest BCUT2D eigenvalue weighted by Gasteiger charge is 2.25. The van der Waals surface area contributed by atoms with E-state index in [0.29, 0.717) is 12.6 Å². The van der Waals surface area contributed by atoms with Gasteiger partial charge in [-0.05, 0) is 25.5 Å². The summed E-state index contributed by atoms with van der Waals surface area (Å²) in [5.74, 6) is -0.163. The largest absolute Gasteiger partial charge is 0.461 e. The van der Waals surface area contributed by atoms with E-state index in [2.05, 4.69) is 11.9 Å². The van der Waals surface area contributed by atoms with E-state index in [1.54, 1.807) is 0 Å². The molecule has 104 valence electrons. The molecule has 0 saturated heterocycles. The molecule has 1 aliphatic rings. The van der Waals surface area contributed by atoms with Crippen LogP contribution in [0.5, 0.6) is 0 Å². The zero-order valence-corrected chi connectivity index (χ0v) is 11.8. The van der Waals surface area contributed by atoms with Crippen molar-refractivity contribution >= 4 is 5.97 Å². The van der Waals surface area contributed by atoms with Crippen LogP contribution in [-0.4, -0.2) is 30.5 Å². The maximum atomic E-state index is 11.9. The van der Waals surface area contributed by atoms with E-state index in [0.717, 1.165) is 12.1 Å². The van der Waals surface area contributed by atoms with Crippen molar-refractivity contribution in [2.75, 3.05) is 13.6 Å². The zero-order chi connectivity index (χ0) is 13.7. The second kappa shape index (κ2) is 6.71. The van der Waals surface area contributed by atoms with Gasteiger partial charge in [-0.25, -0.2) is 0 Å². The van der Waals surface area contributed by atoms with Crippen LogP contribution in [0.25, 0.3) is 0 Å². The molecule has 19 heavy (non-hydrogen) atoms. The number of hydrogen-bond acceptors (Lipinski definition) is 3. The summed E-state index contributed by atoms with van der Waals surface area (Å²) in [6.45, 7) is 3.11. The van der Waals surface area contributed by atoms with Crippen molar-refractivity contribution in [1.29, 1.82) is 0 Å². The Labute approximate surface area is 115 Å². The Morgan fingerprint density at radius 3 is 2.63 bits per heavy atom. The van der Waals surface area contributed by atoms with Crippen LogP contribution in [0.4, 0.5) is 0 Å². The molecule has 0 amide bonds. The first kappa shape index (κ1) is 14.1. The van der Waals surface area contributed by atoms with Gasteiger partial charge in [0.15, 0.2) is 0 Å². The molecular weight excluding hydrogens is 238 g/mol. The third-order valence-corrected chi connectivity index (χ3v) is 3.89. The molecule has 3 nitrogen and oxygen atoms in total. The van der Waals surface area contributed by atoms with Gasteiger partial charge in [0.2, 0.25) is 0 Å². The molecule has 1 saturated carbocycles. The predicted octanol–water partition coefficient (Wildman–Crippen LogP) is 2.85. The number of ether oxygens (including phenoxy) is 1. The van der Waals surface area contributed by atoms with Crippen molar-refractivity contribution in [3.8, 4) is 0 Å². The standard InChI is InChI=1S/C16H23NO2/c1-13(11-17(2)15-9-6-10-15)16(18)19-12-14-7-4-3-5-8-14/h3-5,7-8,13,15H,6,9-12H2,1-2H3. The molecule has 0 radical (unpaired) electrons. The quantitative estimate of drug-likeness (QED) is 0.737. The topological polar surface area (TPSA) is 29.5 Å². The van der Waals surface area contributed by atoms with Crippen LogP contribution in [0.3, 0.4) is 0 Å². The van der Waals surface area contributed by atoms with E-state index in [4.69, 9.17) is 4.74 Å². The van der Waals surface area contributed by atoms with Crippen molar-refractivity contribution in [2.45, 2.75) is 38.8 Å². The number of carbonyl (C=O) groups excluding carboxylic acids is 1. The lowest BCUT2D eigenvalue weighted by Crippen LogP contribution is -2.41. The zero-order valence-electron chi connectivity index (χ0n) is 11.8. The van der Waals surface area contributed by atoms with Crippen LogP contribution in [-0.2, 0) is 16.1 Å². The van der Waals surface area contributed by atoms with Gasteiger partial charge in [0.25, 0.3) is 0 Å². The van der Waals surface area contributed by atoms with E-state index >= 15 is 0 Å². The lowest BCUT2D eigenvalue weighted by atomic mass is 9.91. The van der Waals surface area contributed by atoms with E-state index in [-0.39, 0.29) is 11.9 Å². The molecule has 0 heterocycles. The fraction of sp³-hybridized carbons (Fsp3) is 0.562. The highest BCUT2D eigenvalue weighted by molar-refractivity contribution is 5.72. The molecule has 1 atom stereocenters. The highest BCUT2D eigenvalue weighted by Crippen LogP contribution is 2.24. The van der Waals surface area contributed by atoms with Crippen molar-refractivity contribution < 1.29 is 9.53 Å². The first-order valence-corrected chi connectivity index (χ1v) is 7.07. The Morgan fingerprint density at radius 1 is 1.37 bits per heavy atom. The van der Waals surface area contributed by atoms with Gasteiger partial charge in [-0.3, -0.25) is 4.79 Å². The third-order valence-electron chi connectivity index (χ3n) is 3.89. The highest BCUT2D eigenvalue weighted by atomic mass is 16.5. The smallest absolute Gasteiger partial charge is 0.310 e. The van der Waals surface area contributed by atoms with Gasteiger partial charge in [-0.1, -0.05) is 43.7 Å². The number of hydrogen-bond donors (Lipinski definition) is 0. The van der Waals surface area contributed by atoms with Crippen molar-refractivity contribution in [1.82, 2.24) is 4.90 Å². The first-order chi connectivity index (χ1) is 9.16. The van der Waals surface area contributed by atoms with Crippen LogP contribution in [0.2, 0.25) is 0 Å². The number of benzene rings is 1. The van der Waals surface area contributed by atoms with Gasteiger partial charge in [-0.15, -0.1) is 0 Å². The fourth-order valence-electron chi connectivity index (χ4n) is 2.35. The van der Waals surface area contributed by atoms with Gasteiger partial charge in [0.05, 0.1) is 5.92 Å². The summed E-state index contributed by atoms with van der Waals surface area (Å²) in [7, 11) is 2.10. The van der Waals surface area contributed by atoms with Gasteiger partial charge in [0.1, 0.15) is 6.61 Å². The molecule has 0 aromatic heterocycles. The summed E-state index contributed by atoms with van der Waals surface area (Å²) in [4.78, 5) is 14.2. The second-order valence-electron chi connectivity index (χ2n) is 5.52. The molecule has 1 fully saturated rings. The van der Waals surface area contributed by atoms with Gasteiger partial charge < -0.3 is 9.64 Å². The molecule has 1 aromatic rings. The average Bonchev–Trinajstić information content (AvgIpc) is 2.34. The summed E-state index contributed by atoms with van der Waals surface area (Å²) < 4.78 is 5.36. The van der Waals surface area contributed by atoms with Gasteiger partial charge >= 0.3 is 5.97 Å². The van der Waals surface area contributed by atoms with E-state index in [1.807, 2.05) is 37.3 Å². The Hall–Kier alpha value is -1.35. The molecule has 1 aliphatic carbocycles. The summed E-state index contributed by atoms with van der Waals surface area (Å²) in [5.41, 5.74) is 1.04. The maximum Gasteiger partial charge on any atom is 0.310 e. The van der Waals surface area contributed by atoms with Gasteiger partial charge in [-0.2, -0.15) is 0 Å². The summed E-state index contributed by atoms with van der Waals surface area (Å²) in [6, 6.07) is 10.5. The normalized spacial score (nSPS) is 17.0. The SMILES string of the molecule is CC(CN(C)C1CCC1)C(=O)OCc1ccccc1. The Morgan fingerprint density at radius 2 is 2.05 bits per heavy atom. The summed E-state index contributed by atoms with van der Waals surface area (Å²) in [5, 5.41) is 0. The molecule has 0 spiro atoms. The Balaban J connectivity index is 1.72. The molecule has 0 bridgehead atoms. The average molecular weight is 261 g/mol. The molecule has 1 aromatic carbocycles. The van der Waals surface area contributed by atoms with E-state index in [1.165, 1.54) is 19.3 Å². The minimum atomic E-state index is -0.102. The number of carbonyl (C=O) groups is 1. The minimum absolute atomic E-state index is 0.0608. The van der Waals surface area contributed by atoms with Crippen LogP contribution < -0.4 is 0 Å². The van der Waals surface area contributed by atoms with Crippen molar-refractivity contribution in [3.05, 3.63) is 35.9 Å². The molecule has 3 heteroatoms. The van der Waals surface area contributed by atoms with Crippen LogP contribution in [0, 0.1) is 5.92 Å². The number of nitrogens with zero attached hydrogens (tertiary/aromatic N) is 1. The third kappa shape index (κ3) is 4.06.